The minimum atomic E-state index is -0.617. The van der Waals surface area contributed by atoms with Gasteiger partial charge in [0.1, 0.15) is 11.5 Å². The second-order valence-corrected chi connectivity index (χ2v) is 10.3. The van der Waals surface area contributed by atoms with Crippen molar-refractivity contribution in [1.82, 2.24) is 0 Å². The van der Waals surface area contributed by atoms with Crippen LogP contribution in [0.4, 0.5) is 11.4 Å². The van der Waals surface area contributed by atoms with Gasteiger partial charge in [-0.15, -0.1) is 0 Å². The van der Waals surface area contributed by atoms with Crippen molar-refractivity contribution in [3.05, 3.63) is 48.0 Å². The molecule has 0 bridgehead atoms. The van der Waals surface area contributed by atoms with Crippen LogP contribution in [-0.4, -0.2) is 36.8 Å². The normalized spacial score (nSPS) is 25.4. The summed E-state index contributed by atoms with van der Waals surface area (Å²) in [6, 6.07) is 12.2. The predicted octanol–water partition coefficient (Wildman–Crippen LogP) is 4.28. The van der Waals surface area contributed by atoms with Crippen LogP contribution < -0.4 is 19.3 Å². The molecule has 5 rings (SSSR count). The van der Waals surface area contributed by atoms with Gasteiger partial charge in [0.25, 0.3) is 0 Å². The van der Waals surface area contributed by atoms with E-state index >= 15 is 0 Å². The van der Waals surface area contributed by atoms with Crippen LogP contribution in [0.15, 0.2) is 42.5 Å². The Balaban J connectivity index is 1.28. The number of anilines is 2. The average Bonchev–Trinajstić information content (AvgIpc) is 3.37. The number of aryl methyl sites for hydroxylation is 1. The summed E-state index contributed by atoms with van der Waals surface area (Å²) in [5.41, 5.74) is 1.85. The molecule has 8 nitrogen and oxygen atoms in total. The maximum Gasteiger partial charge on any atom is 0.316 e. The smallest absolute Gasteiger partial charge is 0.316 e. The highest BCUT2D eigenvalue weighted by molar-refractivity contribution is 6.22. The summed E-state index contributed by atoms with van der Waals surface area (Å²) in [6.45, 7) is 6.47. The number of nitrogens with zero attached hydrogens (tertiary/aromatic N) is 2. The van der Waals surface area contributed by atoms with Gasteiger partial charge in [-0.1, -0.05) is 19.1 Å². The summed E-state index contributed by atoms with van der Waals surface area (Å²) in [7, 11) is 0. The first-order valence-corrected chi connectivity index (χ1v) is 13.0. The van der Waals surface area contributed by atoms with Crippen LogP contribution in [0.5, 0.6) is 11.5 Å². The number of amides is 3. The van der Waals surface area contributed by atoms with Crippen LogP contribution in [0.1, 0.15) is 45.1 Å². The van der Waals surface area contributed by atoms with Gasteiger partial charge in [-0.2, -0.15) is 0 Å². The van der Waals surface area contributed by atoms with Crippen LogP contribution in [0.3, 0.4) is 0 Å². The second-order valence-electron chi connectivity index (χ2n) is 10.3. The first-order chi connectivity index (χ1) is 17.8. The number of carbonyl (C=O) groups excluding carboxylic acids is 4. The fourth-order valence-corrected chi connectivity index (χ4v) is 5.82. The molecule has 37 heavy (non-hydrogen) atoms. The number of ether oxygens (including phenoxy) is 2. The van der Waals surface area contributed by atoms with Crippen molar-refractivity contribution in [3.8, 4) is 11.5 Å². The highest BCUT2D eigenvalue weighted by Crippen LogP contribution is 2.43. The zero-order valence-electron chi connectivity index (χ0n) is 21.4. The number of esters is 1. The summed E-state index contributed by atoms with van der Waals surface area (Å²) in [5.74, 6) is -0.678. The molecule has 1 saturated carbocycles. The van der Waals surface area contributed by atoms with Crippen LogP contribution in [0.2, 0.25) is 0 Å². The van der Waals surface area contributed by atoms with E-state index in [1.165, 1.54) is 4.90 Å². The van der Waals surface area contributed by atoms with E-state index in [2.05, 4.69) is 6.92 Å². The van der Waals surface area contributed by atoms with Gasteiger partial charge < -0.3 is 14.4 Å². The molecule has 3 fully saturated rings. The number of rotatable bonds is 6. The molecular formula is C29H32N2O6. The average molecular weight is 505 g/mol. The van der Waals surface area contributed by atoms with Gasteiger partial charge >= 0.3 is 5.97 Å². The molecule has 3 amide bonds. The molecule has 3 aliphatic rings. The van der Waals surface area contributed by atoms with Gasteiger partial charge in [-0.05, 0) is 74.9 Å². The predicted molar refractivity (Wildman–Crippen MR) is 137 cm³/mol. The van der Waals surface area contributed by atoms with E-state index in [1.54, 1.807) is 42.2 Å². The first kappa shape index (κ1) is 25.0. The number of benzene rings is 2. The van der Waals surface area contributed by atoms with Crippen molar-refractivity contribution in [2.24, 2.45) is 23.7 Å². The van der Waals surface area contributed by atoms with Crippen molar-refractivity contribution >= 4 is 35.1 Å². The van der Waals surface area contributed by atoms with Crippen molar-refractivity contribution in [1.29, 1.82) is 0 Å². The van der Waals surface area contributed by atoms with Crippen LogP contribution >= 0.6 is 0 Å². The van der Waals surface area contributed by atoms with Crippen LogP contribution in [0.25, 0.3) is 0 Å². The van der Waals surface area contributed by atoms with Crippen molar-refractivity contribution in [2.45, 2.75) is 46.5 Å². The Bertz CT molecular complexity index is 1260. The van der Waals surface area contributed by atoms with Gasteiger partial charge in [0, 0.05) is 13.0 Å². The lowest BCUT2D eigenvalue weighted by Gasteiger charge is -2.25. The minimum absolute atomic E-state index is 0.0499. The Morgan fingerprint density at radius 1 is 1.00 bits per heavy atom. The lowest BCUT2D eigenvalue weighted by molar-refractivity contribution is -0.139. The fraction of sp³-hybridized carbons (Fsp3) is 0.448. The third kappa shape index (κ3) is 4.61. The number of para-hydroxylation sites is 2. The lowest BCUT2D eigenvalue weighted by atomic mass is 9.76. The van der Waals surface area contributed by atoms with Gasteiger partial charge in [-0.25, -0.2) is 4.90 Å². The maximum atomic E-state index is 13.1. The molecule has 2 saturated heterocycles. The van der Waals surface area contributed by atoms with E-state index in [4.69, 9.17) is 9.47 Å². The number of imide groups is 1. The Labute approximate surface area is 216 Å². The number of hydrogen-bond donors (Lipinski definition) is 0. The summed E-state index contributed by atoms with van der Waals surface area (Å²) in [6.07, 6.45) is 2.50. The quantitative estimate of drug-likeness (QED) is 0.331. The van der Waals surface area contributed by atoms with E-state index in [9.17, 15) is 19.2 Å². The molecule has 1 aliphatic carbocycles. The monoisotopic (exact) mass is 504 g/mol. The van der Waals surface area contributed by atoms with E-state index in [-0.39, 0.29) is 42.5 Å². The maximum absolute atomic E-state index is 13.1. The Morgan fingerprint density at radius 3 is 2.51 bits per heavy atom. The zero-order valence-corrected chi connectivity index (χ0v) is 21.4. The molecule has 8 heteroatoms. The summed E-state index contributed by atoms with van der Waals surface area (Å²) >= 11 is 0. The summed E-state index contributed by atoms with van der Waals surface area (Å²) < 4.78 is 11.3. The standard InChI is InChI=1S/C29H32N2O6/c1-4-36-25-8-6-5-7-24(25)30-16-19(15-26(30)32)29(35)37-20-10-12-23(18(3)14-20)31-27(33)21-11-9-17(2)13-22(21)28(31)34/h5-8,10,12,14,17,19,21-22H,4,9,11,13,15-16H2,1-3H3/t17-,19-,21-,22+/m1/s1. The SMILES string of the molecule is CCOc1ccccc1N1C[C@H](C(=O)Oc2ccc(N3C(=O)[C@H]4C[C@H](C)CC[C@H]4C3=O)c(C)c2)CC1=O. The topological polar surface area (TPSA) is 93.2 Å². The second kappa shape index (κ2) is 10.00. The highest BCUT2D eigenvalue weighted by Gasteiger charge is 2.50. The van der Waals surface area contributed by atoms with Gasteiger partial charge in [0.2, 0.25) is 17.7 Å². The van der Waals surface area contributed by atoms with Gasteiger partial charge in [-0.3, -0.25) is 19.2 Å². The lowest BCUT2D eigenvalue weighted by Crippen LogP contribution is -2.31. The van der Waals surface area contributed by atoms with E-state index in [1.807, 2.05) is 19.1 Å². The van der Waals surface area contributed by atoms with Crippen molar-refractivity contribution < 1.29 is 28.7 Å². The number of hydrogen-bond acceptors (Lipinski definition) is 6. The molecule has 0 N–H and O–H groups in total. The zero-order chi connectivity index (χ0) is 26.3. The number of fused-ring (bicyclic) bond motifs is 1. The molecule has 194 valence electrons. The molecule has 0 unspecified atom stereocenters. The van der Waals surface area contributed by atoms with Crippen molar-refractivity contribution in [2.75, 3.05) is 23.0 Å². The molecule has 0 radical (unpaired) electrons. The Hall–Kier alpha value is -3.68. The van der Waals surface area contributed by atoms with E-state index in [0.29, 0.717) is 41.0 Å². The van der Waals surface area contributed by atoms with Crippen molar-refractivity contribution in [3.63, 3.8) is 0 Å². The van der Waals surface area contributed by atoms with Crippen LogP contribution in [0, 0.1) is 30.6 Å². The van der Waals surface area contributed by atoms with Gasteiger partial charge in [0.05, 0.1) is 35.7 Å². The molecule has 2 aromatic carbocycles. The summed E-state index contributed by atoms with van der Waals surface area (Å²) in [4.78, 5) is 54.7. The molecular weight excluding hydrogens is 472 g/mol. The van der Waals surface area contributed by atoms with Crippen LogP contribution in [-0.2, 0) is 19.2 Å². The Morgan fingerprint density at radius 2 is 1.76 bits per heavy atom. The molecule has 2 aromatic rings. The molecule has 2 heterocycles. The number of carbonyl (C=O) groups is 4. The first-order valence-electron chi connectivity index (χ1n) is 13.0. The third-order valence-electron chi connectivity index (χ3n) is 7.73. The third-order valence-corrected chi connectivity index (χ3v) is 7.73. The largest absolute Gasteiger partial charge is 0.492 e. The highest BCUT2D eigenvalue weighted by atomic mass is 16.5. The van der Waals surface area contributed by atoms with E-state index in [0.717, 1.165) is 19.3 Å². The summed E-state index contributed by atoms with van der Waals surface area (Å²) in [5, 5.41) is 0. The van der Waals surface area contributed by atoms with Gasteiger partial charge in [0.15, 0.2) is 0 Å². The molecule has 4 atom stereocenters. The fourth-order valence-electron chi connectivity index (χ4n) is 5.82. The Kier molecular flexibility index (Phi) is 6.75. The minimum Gasteiger partial charge on any atom is -0.492 e. The van der Waals surface area contributed by atoms with E-state index < -0.39 is 11.9 Å². The molecule has 0 spiro atoms. The molecule has 0 aromatic heterocycles. The molecule has 2 aliphatic heterocycles.